The van der Waals surface area contributed by atoms with Gasteiger partial charge in [0, 0.05) is 24.4 Å². The van der Waals surface area contributed by atoms with Gasteiger partial charge in [0.2, 0.25) is 0 Å². The van der Waals surface area contributed by atoms with Crippen LogP contribution in [0.3, 0.4) is 0 Å². The lowest BCUT2D eigenvalue weighted by molar-refractivity contribution is -0.113. The first kappa shape index (κ1) is 17.5. The van der Waals surface area contributed by atoms with Crippen molar-refractivity contribution in [2.75, 3.05) is 7.05 Å². The van der Waals surface area contributed by atoms with Crippen LogP contribution in [0.15, 0.2) is 41.4 Å². The van der Waals surface area contributed by atoms with Gasteiger partial charge in [-0.3, -0.25) is 9.79 Å². The normalized spacial score (nSPS) is 12.1. The Morgan fingerprint density at radius 1 is 1.32 bits per heavy atom. The molecule has 0 unspecified atom stereocenters. The summed E-state index contributed by atoms with van der Waals surface area (Å²) in [4.78, 5) is 27.3. The fourth-order valence-electron chi connectivity index (χ4n) is 2.13. The van der Waals surface area contributed by atoms with Gasteiger partial charge in [0.15, 0.2) is 5.78 Å². The summed E-state index contributed by atoms with van der Waals surface area (Å²) in [6.45, 7) is 4.82. The standard InChI is InChI=1S/C17H19NO4/c1-4-5-13(11(2)20)16(9-18-3)15-8-12(10-19)6-7-14(15)17(21)22/h4,6-9,19H,1,5,10H2,2-3H3,(H,21,22)/b16-13-,18-9-. The summed E-state index contributed by atoms with van der Waals surface area (Å²) in [5, 5.41) is 18.6. The molecule has 22 heavy (non-hydrogen) atoms. The molecule has 0 fully saturated rings. The highest BCUT2D eigenvalue weighted by Crippen LogP contribution is 2.25. The summed E-state index contributed by atoms with van der Waals surface area (Å²) >= 11 is 0. The quantitative estimate of drug-likeness (QED) is 0.460. The second-order valence-corrected chi connectivity index (χ2v) is 4.67. The third-order valence-electron chi connectivity index (χ3n) is 3.14. The fourth-order valence-corrected chi connectivity index (χ4v) is 2.13. The number of aliphatic imine (C=N–C) groups is 1. The second-order valence-electron chi connectivity index (χ2n) is 4.67. The van der Waals surface area contributed by atoms with Crippen LogP contribution in [0.5, 0.6) is 0 Å². The van der Waals surface area contributed by atoms with E-state index < -0.39 is 5.97 Å². The SMILES string of the molecule is C=CC/C(C(C)=O)=C(\C=N/C)c1cc(CO)ccc1C(=O)O. The number of rotatable bonds is 7. The molecule has 0 bridgehead atoms. The number of nitrogens with zero attached hydrogens (tertiary/aromatic N) is 1. The van der Waals surface area contributed by atoms with Crippen LogP contribution >= 0.6 is 0 Å². The third kappa shape index (κ3) is 3.99. The number of aliphatic hydroxyl groups is 1. The average Bonchev–Trinajstić information content (AvgIpc) is 2.49. The zero-order chi connectivity index (χ0) is 16.7. The number of carboxylic acids is 1. The molecule has 0 aliphatic carbocycles. The predicted molar refractivity (Wildman–Crippen MR) is 86.2 cm³/mol. The van der Waals surface area contributed by atoms with Gasteiger partial charge in [-0.1, -0.05) is 12.1 Å². The van der Waals surface area contributed by atoms with Crippen LogP contribution in [0.25, 0.3) is 5.57 Å². The van der Waals surface area contributed by atoms with Crippen molar-refractivity contribution in [2.45, 2.75) is 20.0 Å². The van der Waals surface area contributed by atoms with Gasteiger partial charge in [0.25, 0.3) is 0 Å². The van der Waals surface area contributed by atoms with E-state index in [1.165, 1.54) is 25.3 Å². The van der Waals surface area contributed by atoms with Gasteiger partial charge < -0.3 is 10.2 Å². The number of carboxylic acid groups (broad SMARTS) is 1. The van der Waals surface area contributed by atoms with Crippen LogP contribution in [0.4, 0.5) is 0 Å². The molecule has 5 nitrogen and oxygen atoms in total. The summed E-state index contributed by atoms with van der Waals surface area (Å²) in [5.41, 5.74) is 1.83. The summed E-state index contributed by atoms with van der Waals surface area (Å²) in [6.07, 6.45) is 3.35. The Hall–Kier alpha value is -2.53. The first-order valence-corrected chi connectivity index (χ1v) is 6.70. The molecule has 0 aliphatic heterocycles. The van der Waals surface area contributed by atoms with Crippen molar-refractivity contribution in [1.82, 2.24) is 0 Å². The highest BCUT2D eigenvalue weighted by atomic mass is 16.4. The van der Waals surface area contributed by atoms with Crippen molar-refractivity contribution < 1.29 is 19.8 Å². The number of carbonyl (C=O) groups is 2. The van der Waals surface area contributed by atoms with E-state index in [4.69, 9.17) is 0 Å². The molecule has 0 heterocycles. The second kappa shape index (κ2) is 8.05. The molecule has 0 amide bonds. The molecule has 0 aliphatic rings. The molecular formula is C17H19NO4. The Morgan fingerprint density at radius 2 is 2.00 bits per heavy atom. The Bertz CT molecular complexity index is 657. The molecule has 0 saturated carbocycles. The fraction of sp³-hybridized carbons (Fsp3) is 0.235. The van der Waals surface area contributed by atoms with Crippen LogP contribution in [-0.4, -0.2) is 35.2 Å². The molecular weight excluding hydrogens is 282 g/mol. The van der Waals surface area contributed by atoms with Crippen LogP contribution < -0.4 is 0 Å². The van der Waals surface area contributed by atoms with Crippen molar-refractivity contribution in [3.8, 4) is 0 Å². The molecule has 0 aromatic heterocycles. The molecule has 0 radical (unpaired) electrons. The molecule has 1 aromatic carbocycles. The van der Waals surface area contributed by atoms with E-state index in [-0.39, 0.29) is 18.0 Å². The maximum absolute atomic E-state index is 11.9. The van der Waals surface area contributed by atoms with E-state index in [1.807, 2.05) is 0 Å². The van der Waals surface area contributed by atoms with Gasteiger partial charge in [0.05, 0.1) is 12.2 Å². The first-order chi connectivity index (χ1) is 10.5. The summed E-state index contributed by atoms with van der Waals surface area (Å²) < 4.78 is 0. The van der Waals surface area contributed by atoms with Gasteiger partial charge in [-0.2, -0.15) is 0 Å². The van der Waals surface area contributed by atoms with Crippen molar-refractivity contribution in [3.63, 3.8) is 0 Å². The van der Waals surface area contributed by atoms with Crippen LogP contribution in [-0.2, 0) is 11.4 Å². The minimum Gasteiger partial charge on any atom is -0.478 e. The lowest BCUT2D eigenvalue weighted by atomic mass is 9.91. The van der Waals surface area contributed by atoms with Crippen molar-refractivity contribution in [1.29, 1.82) is 0 Å². The number of allylic oxidation sites excluding steroid dienone is 3. The Morgan fingerprint density at radius 3 is 2.45 bits per heavy atom. The van der Waals surface area contributed by atoms with Gasteiger partial charge in [-0.15, -0.1) is 6.58 Å². The Labute approximate surface area is 129 Å². The van der Waals surface area contributed by atoms with Crippen molar-refractivity contribution >= 4 is 23.5 Å². The van der Waals surface area contributed by atoms with E-state index in [9.17, 15) is 19.8 Å². The average molecular weight is 301 g/mol. The number of aliphatic hydroxyl groups excluding tert-OH is 1. The number of Topliss-reactive ketones (excluding diaryl/α,β-unsaturated/α-hetero) is 1. The third-order valence-corrected chi connectivity index (χ3v) is 3.14. The number of benzene rings is 1. The van der Waals surface area contributed by atoms with Crippen LogP contribution in [0.1, 0.15) is 34.8 Å². The summed E-state index contributed by atoms with van der Waals surface area (Å²) in [5.74, 6) is -1.29. The number of hydrogen-bond acceptors (Lipinski definition) is 4. The van der Waals surface area contributed by atoms with Crippen LogP contribution in [0.2, 0.25) is 0 Å². The summed E-state index contributed by atoms with van der Waals surface area (Å²) in [6, 6.07) is 4.51. The number of aromatic carboxylic acids is 1. The van der Waals surface area contributed by atoms with Gasteiger partial charge >= 0.3 is 5.97 Å². The van der Waals surface area contributed by atoms with Crippen molar-refractivity contribution in [3.05, 3.63) is 53.1 Å². The molecule has 0 saturated heterocycles. The van der Waals surface area contributed by atoms with Gasteiger partial charge in [0.1, 0.15) is 0 Å². The predicted octanol–water partition coefficient (Wildman–Crippen LogP) is 2.50. The number of carbonyl (C=O) groups excluding carboxylic acids is 1. The van der Waals surface area contributed by atoms with E-state index >= 15 is 0 Å². The lowest BCUT2D eigenvalue weighted by Crippen LogP contribution is -2.08. The molecule has 2 N–H and O–H groups in total. The smallest absolute Gasteiger partial charge is 0.336 e. The largest absolute Gasteiger partial charge is 0.478 e. The van der Waals surface area contributed by atoms with Gasteiger partial charge in [-0.05, 0) is 36.6 Å². The highest BCUT2D eigenvalue weighted by Gasteiger charge is 2.18. The van der Waals surface area contributed by atoms with Crippen LogP contribution in [0, 0.1) is 0 Å². The Balaban J connectivity index is 3.75. The topological polar surface area (TPSA) is 87.0 Å². The number of ketones is 1. The van der Waals surface area contributed by atoms with E-state index in [1.54, 1.807) is 19.2 Å². The number of hydrogen-bond donors (Lipinski definition) is 2. The summed E-state index contributed by atoms with van der Waals surface area (Å²) in [7, 11) is 1.54. The first-order valence-electron chi connectivity index (χ1n) is 6.70. The molecule has 1 rings (SSSR count). The van der Waals surface area contributed by atoms with E-state index in [2.05, 4.69) is 11.6 Å². The van der Waals surface area contributed by atoms with E-state index in [0.717, 1.165) is 0 Å². The zero-order valence-electron chi connectivity index (χ0n) is 12.7. The lowest BCUT2D eigenvalue weighted by Gasteiger charge is -2.13. The van der Waals surface area contributed by atoms with Crippen molar-refractivity contribution in [2.24, 2.45) is 4.99 Å². The van der Waals surface area contributed by atoms with Gasteiger partial charge in [-0.25, -0.2) is 4.79 Å². The molecule has 0 atom stereocenters. The minimum absolute atomic E-state index is 0.0508. The minimum atomic E-state index is -1.11. The highest BCUT2D eigenvalue weighted by molar-refractivity contribution is 6.21. The molecule has 0 spiro atoms. The molecule has 1 aromatic rings. The monoisotopic (exact) mass is 301 g/mol. The maximum Gasteiger partial charge on any atom is 0.336 e. The molecule has 5 heteroatoms. The Kier molecular flexibility index (Phi) is 6.41. The zero-order valence-corrected chi connectivity index (χ0v) is 12.7. The molecule has 116 valence electrons. The van der Waals surface area contributed by atoms with E-state index in [0.29, 0.717) is 28.7 Å². The maximum atomic E-state index is 11.9.